The van der Waals surface area contributed by atoms with E-state index in [-0.39, 0.29) is 30.4 Å². The molecule has 6 nitrogen and oxygen atoms in total. The van der Waals surface area contributed by atoms with E-state index in [1.807, 2.05) is 32.0 Å². The van der Waals surface area contributed by atoms with Crippen molar-refractivity contribution in [2.24, 2.45) is 11.8 Å². The minimum atomic E-state index is 0.0621. The molecule has 6 heteroatoms. The molecule has 2 aliphatic rings. The highest BCUT2D eigenvalue weighted by atomic mass is 16.7. The summed E-state index contributed by atoms with van der Waals surface area (Å²) in [5.74, 6) is 1.75. The maximum atomic E-state index is 12.3. The van der Waals surface area contributed by atoms with Crippen LogP contribution in [0.2, 0.25) is 0 Å². The summed E-state index contributed by atoms with van der Waals surface area (Å²) >= 11 is 0. The van der Waals surface area contributed by atoms with Crippen molar-refractivity contribution in [2.75, 3.05) is 24.8 Å². The van der Waals surface area contributed by atoms with Crippen LogP contribution in [0.3, 0.4) is 0 Å². The minimum absolute atomic E-state index is 0.0621. The first kappa shape index (κ1) is 16.6. The molecule has 2 amide bonds. The largest absolute Gasteiger partial charge is 0.454 e. The molecule has 0 saturated carbocycles. The van der Waals surface area contributed by atoms with Crippen molar-refractivity contribution in [3.05, 3.63) is 18.2 Å². The molecule has 0 spiro atoms. The van der Waals surface area contributed by atoms with Crippen molar-refractivity contribution >= 4 is 17.5 Å². The monoisotopic (exact) mass is 332 g/mol. The molecule has 2 aliphatic heterocycles. The Morgan fingerprint density at radius 1 is 1.29 bits per heavy atom. The second-order valence-electron chi connectivity index (χ2n) is 6.37. The molecule has 0 aliphatic carbocycles. The number of hydrogen-bond acceptors (Lipinski definition) is 4. The Kier molecular flexibility index (Phi) is 4.92. The van der Waals surface area contributed by atoms with Gasteiger partial charge in [0, 0.05) is 43.1 Å². The van der Waals surface area contributed by atoms with Crippen molar-refractivity contribution in [1.82, 2.24) is 5.32 Å². The first-order valence-electron chi connectivity index (χ1n) is 8.60. The summed E-state index contributed by atoms with van der Waals surface area (Å²) in [6.07, 6.45) is 2.14. The van der Waals surface area contributed by atoms with Gasteiger partial charge < -0.3 is 19.7 Å². The Labute approximate surface area is 142 Å². The van der Waals surface area contributed by atoms with Crippen LogP contribution < -0.4 is 19.7 Å². The quantitative estimate of drug-likeness (QED) is 0.868. The molecule has 1 aromatic rings. The van der Waals surface area contributed by atoms with Crippen molar-refractivity contribution in [2.45, 2.75) is 33.1 Å². The highest BCUT2D eigenvalue weighted by molar-refractivity contribution is 5.96. The SMILES string of the molecule is CCC(CC)C(=O)NCC1CC(=O)N(c2ccc3c(c2)OCO3)C1. The number of carbonyl (C=O) groups is 2. The van der Waals surface area contributed by atoms with E-state index in [2.05, 4.69) is 5.32 Å². The highest BCUT2D eigenvalue weighted by Gasteiger charge is 2.32. The lowest BCUT2D eigenvalue weighted by molar-refractivity contribution is -0.125. The van der Waals surface area contributed by atoms with Crippen LogP contribution in [0.25, 0.3) is 0 Å². The minimum Gasteiger partial charge on any atom is -0.454 e. The summed E-state index contributed by atoms with van der Waals surface area (Å²) in [6, 6.07) is 5.54. The van der Waals surface area contributed by atoms with Gasteiger partial charge in [0.15, 0.2) is 11.5 Å². The number of rotatable bonds is 6. The van der Waals surface area contributed by atoms with Crippen molar-refractivity contribution in [3.63, 3.8) is 0 Å². The van der Waals surface area contributed by atoms with Gasteiger partial charge in [0.1, 0.15) is 0 Å². The molecule has 3 rings (SSSR count). The van der Waals surface area contributed by atoms with Crippen LogP contribution in [0.15, 0.2) is 18.2 Å². The van der Waals surface area contributed by atoms with E-state index >= 15 is 0 Å². The lowest BCUT2D eigenvalue weighted by Gasteiger charge is -2.18. The Balaban J connectivity index is 1.59. The molecule has 0 bridgehead atoms. The number of fused-ring (bicyclic) bond motifs is 1. The number of nitrogens with zero attached hydrogens (tertiary/aromatic N) is 1. The highest BCUT2D eigenvalue weighted by Crippen LogP contribution is 2.37. The summed E-state index contributed by atoms with van der Waals surface area (Å²) in [7, 11) is 0. The van der Waals surface area contributed by atoms with Gasteiger partial charge in [0.25, 0.3) is 0 Å². The molecule has 1 saturated heterocycles. The Hall–Kier alpha value is -2.24. The molecule has 1 N–H and O–H groups in total. The van der Waals surface area contributed by atoms with Gasteiger partial charge in [0.05, 0.1) is 0 Å². The third-order valence-corrected chi connectivity index (χ3v) is 4.79. The smallest absolute Gasteiger partial charge is 0.231 e. The molecule has 2 heterocycles. The fourth-order valence-corrected chi connectivity index (χ4v) is 3.27. The van der Waals surface area contributed by atoms with Gasteiger partial charge in [-0.1, -0.05) is 13.8 Å². The van der Waals surface area contributed by atoms with Crippen molar-refractivity contribution < 1.29 is 19.1 Å². The summed E-state index contributed by atoms with van der Waals surface area (Å²) < 4.78 is 10.7. The zero-order valence-electron chi connectivity index (χ0n) is 14.2. The lowest BCUT2D eigenvalue weighted by atomic mass is 10.0. The fraction of sp³-hybridized carbons (Fsp3) is 0.556. The number of ether oxygens (including phenoxy) is 2. The molecule has 1 aromatic carbocycles. The zero-order valence-corrected chi connectivity index (χ0v) is 14.2. The van der Waals surface area contributed by atoms with E-state index in [4.69, 9.17) is 9.47 Å². The summed E-state index contributed by atoms with van der Waals surface area (Å²) in [5.41, 5.74) is 0.818. The van der Waals surface area contributed by atoms with E-state index in [1.54, 1.807) is 4.90 Å². The average molecular weight is 332 g/mol. The van der Waals surface area contributed by atoms with E-state index < -0.39 is 0 Å². The molecular formula is C18H24N2O4. The Morgan fingerprint density at radius 3 is 2.79 bits per heavy atom. The predicted molar refractivity (Wildman–Crippen MR) is 90.1 cm³/mol. The summed E-state index contributed by atoms with van der Waals surface area (Å²) in [6.45, 7) is 5.42. The third kappa shape index (κ3) is 3.32. The first-order chi connectivity index (χ1) is 11.6. The summed E-state index contributed by atoms with van der Waals surface area (Å²) in [5, 5.41) is 3.00. The van der Waals surface area contributed by atoms with Gasteiger partial charge in [-0.05, 0) is 25.0 Å². The molecule has 1 fully saturated rings. The average Bonchev–Trinajstić information content (AvgIpc) is 3.19. The molecule has 0 aromatic heterocycles. The van der Waals surface area contributed by atoms with Gasteiger partial charge in [-0.25, -0.2) is 0 Å². The standard InChI is InChI=1S/C18H24N2O4/c1-3-13(4-2)18(22)19-9-12-7-17(21)20(10-12)14-5-6-15-16(8-14)24-11-23-15/h5-6,8,12-13H,3-4,7,9-11H2,1-2H3,(H,19,22). The van der Waals surface area contributed by atoms with Crippen LogP contribution in [-0.4, -0.2) is 31.7 Å². The zero-order chi connectivity index (χ0) is 17.1. The van der Waals surface area contributed by atoms with Crippen LogP contribution in [0, 0.1) is 11.8 Å². The third-order valence-electron chi connectivity index (χ3n) is 4.79. The molecule has 24 heavy (non-hydrogen) atoms. The van der Waals surface area contributed by atoms with Crippen LogP contribution in [0.5, 0.6) is 11.5 Å². The van der Waals surface area contributed by atoms with E-state index in [1.165, 1.54) is 0 Å². The van der Waals surface area contributed by atoms with Gasteiger partial charge in [-0.15, -0.1) is 0 Å². The van der Waals surface area contributed by atoms with Crippen molar-refractivity contribution in [3.8, 4) is 11.5 Å². The van der Waals surface area contributed by atoms with Crippen LogP contribution in [0.1, 0.15) is 33.1 Å². The number of nitrogens with one attached hydrogen (secondary N) is 1. The number of hydrogen-bond donors (Lipinski definition) is 1. The summed E-state index contributed by atoms with van der Waals surface area (Å²) in [4.78, 5) is 26.2. The second-order valence-corrected chi connectivity index (χ2v) is 6.37. The van der Waals surface area contributed by atoms with Crippen molar-refractivity contribution in [1.29, 1.82) is 0 Å². The predicted octanol–water partition coefficient (Wildman–Crippen LogP) is 2.32. The normalized spacial score (nSPS) is 19.2. The lowest BCUT2D eigenvalue weighted by Crippen LogP contribution is -2.35. The van der Waals surface area contributed by atoms with Crippen LogP contribution in [0.4, 0.5) is 5.69 Å². The maximum Gasteiger partial charge on any atom is 0.231 e. The molecule has 0 radical (unpaired) electrons. The second kappa shape index (κ2) is 7.11. The van der Waals surface area contributed by atoms with Gasteiger partial charge in [-0.3, -0.25) is 9.59 Å². The van der Waals surface area contributed by atoms with Gasteiger partial charge >= 0.3 is 0 Å². The van der Waals surface area contributed by atoms with E-state index in [0.717, 1.165) is 18.5 Å². The number of benzene rings is 1. The van der Waals surface area contributed by atoms with Gasteiger partial charge in [0.2, 0.25) is 18.6 Å². The molecule has 1 atom stereocenters. The number of anilines is 1. The number of carbonyl (C=O) groups excluding carboxylic acids is 2. The fourth-order valence-electron chi connectivity index (χ4n) is 3.27. The topological polar surface area (TPSA) is 67.9 Å². The Bertz CT molecular complexity index is 627. The van der Waals surface area contributed by atoms with E-state index in [0.29, 0.717) is 31.0 Å². The number of amides is 2. The van der Waals surface area contributed by atoms with E-state index in [9.17, 15) is 9.59 Å². The van der Waals surface area contributed by atoms with Gasteiger partial charge in [-0.2, -0.15) is 0 Å². The van der Waals surface area contributed by atoms with Crippen LogP contribution >= 0.6 is 0 Å². The first-order valence-corrected chi connectivity index (χ1v) is 8.60. The molecular weight excluding hydrogens is 308 g/mol. The molecule has 1 unspecified atom stereocenters. The van der Waals surface area contributed by atoms with Crippen LogP contribution in [-0.2, 0) is 9.59 Å². The Morgan fingerprint density at radius 2 is 2.04 bits per heavy atom. The molecule has 130 valence electrons. The maximum absolute atomic E-state index is 12.3.